The topological polar surface area (TPSA) is 76.3 Å². The molecular weight excluding hydrogens is 374 g/mol. The molecule has 0 unspecified atom stereocenters. The molecule has 156 valence electrons. The Hall–Kier alpha value is -3.02. The van der Waals surface area contributed by atoms with Crippen LogP contribution in [-0.4, -0.2) is 36.2 Å². The van der Waals surface area contributed by atoms with Crippen molar-refractivity contribution < 1.29 is 4.74 Å². The number of aromatic nitrogens is 2. The van der Waals surface area contributed by atoms with Crippen LogP contribution in [0.1, 0.15) is 43.6 Å². The number of rotatable bonds is 5. The highest BCUT2D eigenvalue weighted by Crippen LogP contribution is 2.37. The highest BCUT2D eigenvalue weighted by atomic mass is 16.5. The van der Waals surface area contributed by atoms with E-state index in [2.05, 4.69) is 28.4 Å². The number of anilines is 3. The second-order valence-corrected chi connectivity index (χ2v) is 8.42. The molecule has 2 heterocycles. The zero-order valence-corrected chi connectivity index (χ0v) is 17.5. The Morgan fingerprint density at radius 3 is 2.57 bits per heavy atom. The van der Waals surface area contributed by atoms with E-state index in [0.717, 1.165) is 60.0 Å². The third-order valence-electron chi connectivity index (χ3n) is 6.51. The Bertz CT molecular complexity index is 1040. The van der Waals surface area contributed by atoms with Crippen LogP contribution in [0.15, 0.2) is 42.5 Å². The van der Waals surface area contributed by atoms with Gasteiger partial charge in [0, 0.05) is 30.2 Å². The lowest BCUT2D eigenvalue weighted by molar-refractivity contribution is 0.397. The van der Waals surface area contributed by atoms with Crippen LogP contribution in [0.4, 0.5) is 17.5 Å². The Morgan fingerprint density at radius 2 is 1.83 bits per heavy atom. The molecule has 1 aliphatic heterocycles. The number of hydrogen-bond acceptors (Lipinski definition) is 6. The molecule has 3 aromatic rings. The van der Waals surface area contributed by atoms with Gasteiger partial charge in [0.2, 0.25) is 5.95 Å². The predicted molar refractivity (Wildman–Crippen MR) is 122 cm³/mol. The van der Waals surface area contributed by atoms with Gasteiger partial charge in [0.1, 0.15) is 11.6 Å². The van der Waals surface area contributed by atoms with Crippen LogP contribution in [-0.2, 0) is 0 Å². The first-order chi connectivity index (χ1) is 14.7. The average molecular weight is 404 g/mol. The molecule has 2 aromatic carbocycles. The van der Waals surface area contributed by atoms with Crippen LogP contribution >= 0.6 is 0 Å². The minimum Gasteiger partial charge on any atom is -0.496 e. The minimum absolute atomic E-state index is 0.500. The van der Waals surface area contributed by atoms with Gasteiger partial charge in [0.05, 0.1) is 12.6 Å². The lowest BCUT2D eigenvalue weighted by atomic mass is 9.88. The summed E-state index contributed by atoms with van der Waals surface area (Å²) in [6, 6.07) is 14.8. The van der Waals surface area contributed by atoms with Gasteiger partial charge in [-0.2, -0.15) is 4.98 Å². The summed E-state index contributed by atoms with van der Waals surface area (Å²) in [6.45, 7) is 1.90. The number of benzene rings is 2. The molecule has 2 aliphatic rings. The Balaban J connectivity index is 1.42. The van der Waals surface area contributed by atoms with E-state index in [1.54, 1.807) is 7.11 Å². The van der Waals surface area contributed by atoms with Gasteiger partial charge in [-0.15, -0.1) is 0 Å². The molecule has 30 heavy (non-hydrogen) atoms. The molecule has 3 N–H and O–H groups in total. The van der Waals surface area contributed by atoms with Gasteiger partial charge >= 0.3 is 0 Å². The molecule has 5 rings (SSSR count). The number of nitrogens with one attached hydrogen (secondary N) is 1. The molecular formula is C24H29N5O. The zero-order chi connectivity index (χ0) is 20.5. The first kappa shape index (κ1) is 19.0. The van der Waals surface area contributed by atoms with Gasteiger partial charge in [-0.3, -0.25) is 0 Å². The quantitative estimate of drug-likeness (QED) is 0.608. The van der Waals surface area contributed by atoms with Crippen molar-refractivity contribution in [1.29, 1.82) is 0 Å². The zero-order valence-electron chi connectivity index (χ0n) is 17.5. The fourth-order valence-electron chi connectivity index (χ4n) is 4.58. The minimum atomic E-state index is 0.500. The Kier molecular flexibility index (Phi) is 5.07. The summed E-state index contributed by atoms with van der Waals surface area (Å²) >= 11 is 0. The van der Waals surface area contributed by atoms with E-state index in [1.807, 2.05) is 24.3 Å². The van der Waals surface area contributed by atoms with Crippen LogP contribution in [0.2, 0.25) is 0 Å². The molecule has 0 atom stereocenters. The molecule has 1 saturated carbocycles. The third kappa shape index (κ3) is 3.62. The monoisotopic (exact) mass is 403 g/mol. The molecule has 1 aliphatic carbocycles. The second-order valence-electron chi connectivity index (χ2n) is 8.42. The highest BCUT2D eigenvalue weighted by molar-refractivity contribution is 5.92. The maximum absolute atomic E-state index is 6.10. The molecule has 2 fully saturated rings. The van der Waals surface area contributed by atoms with E-state index in [-0.39, 0.29) is 0 Å². The molecule has 0 amide bonds. The van der Waals surface area contributed by atoms with Gasteiger partial charge in [0.25, 0.3) is 0 Å². The van der Waals surface area contributed by atoms with Crippen LogP contribution < -0.4 is 20.7 Å². The second kappa shape index (κ2) is 8.01. The summed E-state index contributed by atoms with van der Waals surface area (Å²) < 4.78 is 5.59. The van der Waals surface area contributed by atoms with E-state index in [4.69, 9.17) is 20.4 Å². The number of nitrogens with two attached hydrogens (primary N) is 1. The Labute approximate surface area is 177 Å². The van der Waals surface area contributed by atoms with Crippen molar-refractivity contribution in [3.8, 4) is 5.75 Å². The number of hydrogen-bond donors (Lipinski definition) is 2. The first-order valence-electron chi connectivity index (χ1n) is 10.9. The van der Waals surface area contributed by atoms with Crippen LogP contribution in [0.3, 0.4) is 0 Å². The highest BCUT2D eigenvalue weighted by Gasteiger charge is 2.26. The van der Waals surface area contributed by atoms with E-state index in [0.29, 0.717) is 12.0 Å². The van der Waals surface area contributed by atoms with E-state index >= 15 is 0 Å². The van der Waals surface area contributed by atoms with Gasteiger partial charge in [0.15, 0.2) is 0 Å². The van der Waals surface area contributed by atoms with Crippen LogP contribution in [0.5, 0.6) is 5.75 Å². The van der Waals surface area contributed by atoms with Crippen molar-refractivity contribution in [1.82, 2.24) is 9.97 Å². The van der Waals surface area contributed by atoms with Gasteiger partial charge in [-0.1, -0.05) is 18.2 Å². The van der Waals surface area contributed by atoms with E-state index in [9.17, 15) is 0 Å². The predicted octanol–water partition coefficient (Wildman–Crippen LogP) is 4.57. The standard InChI is InChI=1S/C24H29N5O/c1-30-22-8-3-2-7-19(22)16-11-13-29(14-12-16)23-20-15-17(25)9-10-21(20)27-24(28-23)26-18-5-4-6-18/h2-3,7-10,15-16,18H,4-6,11-14,25H2,1H3,(H,26,27,28). The van der Waals surface area contributed by atoms with Gasteiger partial charge < -0.3 is 20.7 Å². The summed E-state index contributed by atoms with van der Waals surface area (Å²) in [5.74, 6) is 3.22. The molecule has 1 saturated heterocycles. The largest absolute Gasteiger partial charge is 0.496 e. The van der Waals surface area contributed by atoms with Crippen molar-refractivity contribution in [3.05, 3.63) is 48.0 Å². The summed E-state index contributed by atoms with van der Waals surface area (Å²) in [7, 11) is 1.75. The van der Waals surface area contributed by atoms with E-state index < -0.39 is 0 Å². The normalized spacial score (nSPS) is 17.7. The van der Waals surface area contributed by atoms with Crippen molar-refractivity contribution in [3.63, 3.8) is 0 Å². The third-order valence-corrected chi connectivity index (χ3v) is 6.51. The maximum atomic E-state index is 6.10. The summed E-state index contributed by atoms with van der Waals surface area (Å²) in [6.07, 6.45) is 5.82. The number of nitrogen functional groups attached to an aromatic ring is 1. The van der Waals surface area contributed by atoms with Crippen LogP contribution in [0.25, 0.3) is 10.9 Å². The number of methoxy groups -OCH3 is 1. The molecule has 1 aromatic heterocycles. The van der Waals surface area contributed by atoms with Crippen molar-refractivity contribution >= 4 is 28.4 Å². The fraction of sp³-hybridized carbons (Fsp3) is 0.417. The molecule has 0 radical (unpaired) electrons. The smallest absolute Gasteiger partial charge is 0.225 e. The molecule has 0 bridgehead atoms. The van der Waals surface area contributed by atoms with Gasteiger partial charge in [-0.25, -0.2) is 4.98 Å². The van der Waals surface area contributed by atoms with Crippen molar-refractivity contribution in [2.75, 3.05) is 36.1 Å². The summed E-state index contributed by atoms with van der Waals surface area (Å²) in [4.78, 5) is 12.1. The SMILES string of the molecule is COc1ccccc1C1CCN(c2nc(NC3CCC3)nc3ccc(N)cc23)CC1. The lowest BCUT2D eigenvalue weighted by Gasteiger charge is -2.34. The number of para-hydroxylation sites is 1. The van der Waals surface area contributed by atoms with Crippen molar-refractivity contribution in [2.45, 2.75) is 44.1 Å². The van der Waals surface area contributed by atoms with E-state index in [1.165, 1.54) is 24.8 Å². The Morgan fingerprint density at radius 1 is 1.03 bits per heavy atom. The number of nitrogens with zero attached hydrogens (tertiary/aromatic N) is 3. The summed E-state index contributed by atoms with van der Waals surface area (Å²) in [5.41, 5.74) is 9.10. The average Bonchev–Trinajstić information content (AvgIpc) is 2.76. The first-order valence-corrected chi connectivity index (χ1v) is 10.9. The fourth-order valence-corrected chi connectivity index (χ4v) is 4.58. The van der Waals surface area contributed by atoms with Gasteiger partial charge in [-0.05, 0) is 67.9 Å². The summed E-state index contributed by atoms with van der Waals surface area (Å²) in [5, 5.41) is 4.55. The van der Waals surface area contributed by atoms with Crippen LogP contribution in [0, 0.1) is 0 Å². The molecule has 0 spiro atoms. The number of fused-ring (bicyclic) bond motifs is 1. The number of ether oxygens (including phenoxy) is 1. The number of piperidine rings is 1. The van der Waals surface area contributed by atoms with Crippen molar-refractivity contribution in [2.24, 2.45) is 0 Å². The maximum Gasteiger partial charge on any atom is 0.225 e. The molecule has 6 nitrogen and oxygen atoms in total. The molecule has 6 heteroatoms. The lowest BCUT2D eigenvalue weighted by Crippen LogP contribution is -2.34.